The lowest BCUT2D eigenvalue weighted by molar-refractivity contribution is -0.154. The SMILES string of the molecule is O=C(CN1C(=O)/C(=C\c2ccccc2Br)OC2CCCCC21)N1CCN(c2ccccc2)CC1. The molecular weight excluding hydrogens is 494 g/mol. The number of carbonyl (C=O) groups excluding carboxylic acids is 2. The lowest BCUT2D eigenvalue weighted by atomic mass is 9.89. The summed E-state index contributed by atoms with van der Waals surface area (Å²) in [5.41, 5.74) is 2.08. The highest BCUT2D eigenvalue weighted by molar-refractivity contribution is 9.10. The predicted octanol–water partition coefficient (Wildman–Crippen LogP) is 4.31. The third-order valence-electron chi connectivity index (χ3n) is 7.07. The Bertz CT molecular complexity index is 1070. The van der Waals surface area contributed by atoms with Crippen LogP contribution in [0.2, 0.25) is 0 Å². The van der Waals surface area contributed by atoms with Crippen molar-refractivity contribution < 1.29 is 14.3 Å². The van der Waals surface area contributed by atoms with E-state index in [1.807, 2.05) is 47.4 Å². The minimum Gasteiger partial charge on any atom is -0.482 e. The molecule has 2 amide bonds. The maximum atomic E-state index is 13.5. The van der Waals surface area contributed by atoms with Crippen LogP contribution >= 0.6 is 15.9 Å². The standard InChI is InChI=1S/C27H30BrN3O3/c28-22-11-5-4-8-20(22)18-25-27(33)31(23-12-6-7-13-24(23)34-25)19-26(32)30-16-14-29(15-17-30)21-9-2-1-3-10-21/h1-5,8-11,18,23-24H,6-7,12-17,19H2/b25-18+. The number of hydrogen-bond acceptors (Lipinski definition) is 4. The number of amides is 2. The fourth-order valence-corrected chi connectivity index (χ4v) is 5.59. The van der Waals surface area contributed by atoms with Crippen molar-refractivity contribution in [1.82, 2.24) is 9.80 Å². The Kier molecular flexibility index (Phi) is 6.90. The zero-order valence-electron chi connectivity index (χ0n) is 19.2. The van der Waals surface area contributed by atoms with Gasteiger partial charge < -0.3 is 19.4 Å². The molecule has 3 fully saturated rings. The summed E-state index contributed by atoms with van der Waals surface area (Å²) in [6, 6.07) is 18.0. The summed E-state index contributed by atoms with van der Waals surface area (Å²) in [5, 5.41) is 0. The molecule has 0 spiro atoms. The second-order valence-corrected chi connectivity index (χ2v) is 10.0. The van der Waals surface area contributed by atoms with Gasteiger partial charge in [0.05, 0.1) is 6.04 Å². The highest BCUT2D eigenvalue weighted by atomic mass is 79.9. The first-order valence-corrected chi connectivity index (χ1v) is 12.9. The summed E-state index contributed by atoms with van der Waals surface area (Å²) in [7, 11) is 0. The van der Waals surface area contributed by atoms with E-state index < -0.39 is 0 Å². The first-order chi connectivity index (χ1) is 16.6. The van der Waals surface area contributed by atoms with Crippen molar-refractivity contribution in [2.75, 3.05) is 37.6 Å². The zero-order chi connectivity index (χ0) is 23.5. The Balaban J connectivity index is 1.29. The first kappa shape index (κ1) is 23.0. The average Bonchev–Trinajstić information content (AvgIpc) is 2.88. The third-order valence-corrected chi connectivity index (χ3v) is 7.79. The molecule has 0 radical (unpaired) electrons. The minimum atomic E-state index is -0.185. The molecule has 1 saturated carbocycles. The Labute approximate surface area is 209 Å². The van der Waals surface area contributed by atoms with E-state index >= 15 is 0 Å². The van der Waals surface area contributed by atoms with Gasteiger partial charge in [-0.15, -0.1) is 0 Å². The lowest BCUT2D eigenvalue weighted by Gasteiger charge is -2.45. The van der Waals surface area contributed by atoms with Crippen LogP contribution < -0.4 is 4.90 Å². The van der Waals surface area contributed by atoms with Crippen LogP contribution in [0.25, 0.3) is 6.08 Å². The number of fused-ring (bicyclic) bond motifs is 1. The number of ether oxygens (including phenoxy) is 1. The Morgan fingerprint density at radius 1 is 0.971 bits per heavy atom. The molecule has 2 aliphatic heterocycles. The molecule has 2 aromatic rings. The summed E-state index contributed by atoms with van der Waals surface area (Å²) in [4.78, 5) is 32.8. The van der Waals surface area contributed by atoms with Crippen LogP contribution in [0.3, 0.4) is 0 Å². The molecule has 34 heavy (non-hydrogen) atoms. The van der Waals surface area contributed by atoms with Gasteiger partial charge in [-0.2, -0.15) is 0 Å². The van der Waals surface area contributed by atoms with Crippen molar-refractivity contribution in [3.8, 4) is 0 Å². The largest absolute Gasteiger partial charge is 0.482 e. The number of nitrogens with zero attached hydrogens (tertiary/aromatic N) is 3. The molecule has 2 saturated heterocycles. The third kappa shape index (κ3) is 4.85. The number of hydrogen-bond donors (Lipinski definition) is 0. The molecule has 1 aliphatic carbocycles. The van der Waals surface area contributed by atoms with Crippen molar-refractivity contribution in [1.29, 1.82) is 0 Å². The van der Waals surface area contributed by atoms with E-state index in [0.29, 0.717) is 18.8 Å². The van der Waals surface area contributed by atoms with Gasteiger partial charge in [0.25, 0.3) is 5.91 Å². The van der Waals surface area contributed by atoms with Crippen LogP contribution in [0.5, 0.6) is 0 Å². The van der Waals surface area contributed by atoms with E-state index in [9.17, 15) is 9.59 Å². The van der Waals surface area contributed by atoms with Gasteiger partial charge in [0.15, 0.2) is 5.76 Å². The van der Waals surface area contributed by atoms with E-state index in [-0.39, 0.29) is 30.5 Å². The molecule has 6 nitrogen and oxygen atoms in total. The molecule has 0 aromatic heterocycles. The van der Waals surface area contributed by atoms with Crippen LogP contribution in [0.15, 0.2) is 64.8 Å². The van der Waals surface area contributed by atoms with Crippen LogP contribution in [-0.4, -0.2) is 66.5 Å². The second kappa shape index (κ2) is 10.2. The summed E-state index contributed by atoms with van der Waals surface area (Å²) in [6.07, 6.45) is 5.68. The number of anilines is 1. The molecule has 0 bridgehead atoms. The summed E-state index contributed by atoms with van der Waals surface area (Å²) < 4.78 is 7.11. The van der Waals surface area contributed by atoms with Gasteiger partial charge in [0.2, 0.25) is 5.91 Å². The Hall–Kier alpha value is -2.80. The molecule has 2 aromatic carbocycles. The monoisotopic (exact) mass is 523 g/mol. The van der Waals surface area contributed by atoms with Crippen molar-refractivity contribution in [3.05, 3.63) is 70.4 Å². The summed E-state index contributed by atoms with van der Waals surface area (Å²) >= 11 is 3.55. The number of benzene rings is 2. The highest BCUT2D eigenvalue weighted by Crippen LogP contribution is 2.34. The Morgan fingerprint density at radius 2 is 1.68 bits per heavy atom. The topological polar surface area (TPSA) is 53.1 Å². The van der Waals surface area contributed by atoms with Gasteiger partial charge in [-0.3, -0.25) is 9.59 Å². The summed E-state index contributed by atoms with van der Waals surface area (Å²) in [6.45, 7) is 3.04. The van der Waals surface area contributed by atoms with E-state index in [0.717, 1.165) is 48.8 Å². The molecule has 2 unspecified atom stereocenters. The molecular formula is C27H30BrN3O3. The van der Waals surface area contributed by atoms with Gasteiger partial charge in [0, 0.05) is 36.3 Å². The van der Waals surface area contributed by atoms with Crippen molar-refractivity contribution in [3.63, 3.8) is 0 Å². The fraction of sp³-hybridized carbons (Fsp3) is 0.407. The highest BCUT2D eigenvalue weighted by Gasteiger charge is 2.42. The zero-order valence-corrected chi connectivity index (χ0v) is 20.8. The molecule has 2 atom stereocenters. The van der Waals surface area contributed by atoms with Gasteiger partial charge in [-0.1, -0.05) is 58.7 Å². The number of carbonyl (C=O) groups is 2. The maximum absolute atomic E-state index is 13.5. The molecule has 2 heterocycles. The minimum absolute atomic E-state index is 0.0209. The maximum Gasteiger partial charge on any atom is 0.289 e. The molecule has 7 heteroatoms. The quantitative estimate of drug-likeness (QED) is 0.560. The van der Waals surface area contributed by atoms with Crippen molar-refractivity contribution in [2.45, 2.75) is 37.8 Å². The fourth-order valence-electron chi connectivity index (χ4n) is 5.19. The second-order valence-electron chi connectivity index (χ2n) is 9.17. The van der Waals surface area contributed by atoms with Gasteiger partial charge in [-0.05, 0) is 49.1 Å². The van der Waals surface area contributed by atoms with E-state index in [4.69, 9.17) is 4.74 Å². The molecule has 0 N–H and O–H groups in total. The number of para-hydroxylation sites is 1. The predicted molar refractivity (Wildman–Crippen MR) is 136 cm³/mol. The lowest BCUT2D eigenvalue weighted by Crippen LogP contribution is -2.58. The van der Waals surface area contributed by atoms with Gasteiger partial charge in [0.1, 0.15) is 12.6 Å². The van der Waals surface area contributed by atoms with Gasteiger partial charge in [-0.25, -0.2) is 0 Å². The Morgan fingerprint density at radius 3 is 2.44 bits per heavy atom. The van der Waals surface area contributed by atoms with Crippen molar-refractivity contribution in [2.24, 2.45) is 0 Å². The van der Waals surface area contributed by atoms with E-state index in [1.54, 1.807) is 11.0 Å². The molecule has 178 valence electrons. The normalized spacial score (nSPS) is 24.1. The summed E-state index contributed by atoms with van der Waals surface area (Å²) in [5.74, 6) is 0.166. The molecule has 5 rings (SSSR count). The number of halogens is 1. The van der Waals surface area contributed by atoms with E-state index in [2.05, 4.69) is 33.0 Å². The van der Waals surface area contributed by atoms with Crippen molar-refractivity contribution >= 4 is 39.5 Å². The number of morpholine rings is 1. The first-order valence-electron chi connectivity index (χ1n) is 12.1. The number of piperazine rings is 1. The van der Waals surface area contributed by atoms with E-state index in [1.165, 1.54) is 5.69 Å². The number of rotatable bonds is 4. The van der Waals surface area contributed by atoms with Gasteiger partial charge >= 0.3 is 0 Å². The molecule has 3 aliphatic rings. The van der Waals surface area contributed by atoms with Crippen LogP contribution in [-0.2, 0) is 14.3 Å². The van der Waals surface area contributed by atoms with Crippen LogP contribution in [0.1, 0.15) is 31.2 Å². The van der Waals surface area contributed by atoms with Crippen LogP contribution in [0.4, 0.5) is 5.69 Å². The average molecular weight is 524 g/mol. The van der Waals surface area contributed by atoms with Crippen LogP contribution in [0, 0.1) is 0 Å². The smallest absolute Gasteiger partial charge is 0.289 e.